The van der Waals surface area contributed by atoms with Gasteiger partial charge in [0.1, 0.15) is 11.5 Å². The number of halogens is 1. The second kappa shape index (κ2) is 7.57. The van der Waals surface area contributed by atoms with Gasteiger partial charge in [0, 0.05) is 43.3 Å². The van der Waals surface area contributed by atoms with E-state index in [1.54, 1.807) is 18.3 Å². The molecule has 0 unspecified atom stereocenters. The average molecular weight is 359 g/mol. The molecule has 1 aliphatic rings. The van der Waals surface area contributed by atoms with Crippen LogP contribution >= 0.6 is 11.6 Å². The fourth-order valence-corrected chi connectivity index (χ4v) is 2.74. The molecule has 2 aromatic rings. The molecule has 1 aromatic heterocycles. The SMILES string of the molecule is CC(=O)N[C@@H](C)/C=C/c1ccc(Oc2cc3c(cc2Cl)OCC3)nc1. The summed E-state index contributed by atoms with van der Waals surface area (Å²) in [6, 6.07) is 7.31. The van der Waals surface area contributed by atoms with Crippen LogP contribution in [-0.2, 0) is 11.2 Å². The normalized spacial score (nSPS) is 14.0. The first-order valence-corrected chi connectivity index (χ1v) is 8.43. The number of amides is 1. The van der Waals surface area contributed by atoms with E-state index in [-0.39, 0.29) is 11.9 Å². The minimum Gasteiger partial charge on any atom is -0.493 e. The molecule has 1 atom stereocenters. The number of nitrogens with one attached hydrogen (secondary N) is 1. The number of hydrogen-bond acceptors (Lipinski definition) is 4. The number of fused-ring (bicyclic) bond motifs is 1. The summed E-state index contributed by atoms with van der Waals surface area (Å²) < 4.78 is 11.3. The van der Waals surface area contributed by atoms with Crippen molar-refractivity contribution < 1.29 is 14.3 Å². The first-order valence-electron chi connectivity index (χ1n) is 8.05. The van der Waals surface area contributed by atoms with Crippen LogP contribution in [0.2, 0.25) is 5.02 Å². The lowest BCUT2D eigenvalue weighted by molar-refractivity contribution is -0.119. The molecule has 0 spiro atoms. The average Bonchev–Trinajstić information content (AvgIpc) is 3.01. The lowest BCUT2D eigenvalue weighted by atomic mass is 10.1. The Labute approximate surface area is 151 Å². The minimum atomic E-state index is -0.0596. The summed E-state index contributed by atoms with van der Waals surface area (Å²) in [5.41, 5.74) is 2.00. The zero-order chi connectivity index (χ0) is 17.8. The second-order valence-corrected chi connectivity index (χ2v) is 6.28. The Hall–Kier alpha value is -2.53. The van der Waals surface area contributed by atoms with Gasteiger partial charge in [-0.2, -0.15) is 0 Å². The van der Waals surface area contributed by atoms with Crippen LogP contribution in [0.1, 0.15) is 25.0 Å². The molecule has 2 heterocycles. The molecule has 0 fully saturated rings. The molecule has 0 saturated carbocycles. The molecule has 130 valence electrons. The van der Waals surface area contributed by atoms with Gasteiger partial charge in [-0.05, 0) is 24.6 Å². The van der Waals surface area contributed by atoms with Crippen molar-refractivity contribution >= 4 is 23.6 Å². The standard InChI is InChI=1S/C19H19ClN2O3/c1-12(22-13(2)23)3-4-14-5-6-19(21-11-14)25-18-9-15-7-8-24-17(15)10-16(18)20/h3-6,9-12H,7-8H2,1-2H3,(H,22,23)/b4-3+/t12-/m0/s1. The molecule has 5 nitrogen and oxygen atoms in total. The summed E-state index contributed by atoms with van der Waals surface area (Å²) in [6.07, 6.45) is 6.36. The van der Waals surface area contributed by atoms with E-state index < -0.39 is 0 Å². The zero-order valence-electron chi connectivity index (χ0n) is 14.1. The Morgan fingerprint density at radius 3 is 3.00 bits per heavy atom. The zero-order valence-corrected chi connectivity index (χ0v) is 14.8. The minimum absolute atomic E-state index is 0.0409. The Balaban J connectivity index is 1.67. The smallest absolute Gasteiger partial charge is 0.219 e. The molecule has 1 amide bonds. The van der Waals surface area contributed by atoms with Gasteiger partial charge < -0.3 is 14.8 Å². The molecular formula is C19H19ClN2O3. The van der Waals surface area contributed by atoms with E-state index >= 15 is 0 Å². The number of carbonyl (C=O) groups is 1. The van der Waals surface area contributed by atoms with Crippen LogP contribution in [0.4, 0.5) is 0 Å². The van der Waals surface area contributed by atoms with Crippen molar-refractivity contribution in [3.63, 3.8) is 0 Å². The fraction of sp³-hybridized carbons (Fsp3) is 0.263. The van der Waals surface area contributed by atoms with Gasteiger partial charge in [-0.1, -0.05) is 23.8 Å². The number of carbonyl (C=O) groups excluding carboxylic acids is 1. The number of hydrogen-bond donors (Lipinski definition) is 1. The molecular weight excluding hydrogens is 340 g/mol. The Morgan fingerprint density at radius 2 is 2.28 bits per heavy atom. The largest absolute Gasteiger partial charge is 0.493 e. The molecule has 0 aliphatic carbocycles. The van der Waals surface area contributed by atoms with Crippen LogP contribution in [0.3, 0.4) is 0 Å². The first-order chi connectivity index (χ1) is 12.0. The summed E-state index contributed by atoms with van der Waals surface area (Å²) in [5, 5.41) is 3.28. The maximum Gasteiger partial charge on any atom is 0.219 e. The van der Waals surface area contributed by atoms with E-state index in [0.29, 0.717) is 23.3 Å². The summed E-state index contributed by atoms with van der Waals surface area (Å²) in [5.74, 6) is 1.79. The molecule has 1 aliphatic heterocycles. The molecule has 0 bridgehead atoms. The van der Waals surface area contributed by atoms with Crippen molar-refractivity contribution in [1.82, 2.24) is 10.3 Å². The van der Waals surface area contributed by atoms with Gasteiger partial charge in [-0.25, -0.2) is 4.98 Å². The number of rotatable bonds is 5. The van der Waals surface area contributed by atoms with Crippen molar-refractivity contribution in [1.29, 1.82) is 0 Å². The van der Waals surface area contributed by atoms with Crippen molar-refractivity contribution in [2.45, 2.75) is 26.3 Å². The summed E-state index contributed by atoms with van der Waals surface area (Å²) in [6.45, 7) is 4.07. The Bertz CT molecular complexity index is 803. The van der Waals surface area contributed by atoms with Gasteiger partial charge in [0.15, 0.2) is 0 Å². The lowest BCUT2D eigenvalue weighted by Gasteiger charge is -2.09. The van der Waals surface area contributed by atoms with Crippen molar-refractivity contribution in [2.24, 2.45) is 0 Å². The maximum atomic E-state index is 11.0. The predicted molar refractivity (Wildman–Crippen MR) is 97.3 cm³/mol. The van der Waals surface area contributed by atoms with Crippen LogP contribution in [0.5, 0.6) is 17.4 Å². The van der Waals surface area contributed by atoms with Gasteiger partial charge in [0.25, 0.3) is 0 Å². The van der Waals surface area contributed by atoms with Crippen molar-refractivity contribution in [2.75, 3.05) is 6.61 Å². The quantitative estimate of drug-likeness (QED) is 0.877. The van der Waals surface area contributed by atoms with E-state index in [1.807, 2.05) is 31.2 Å². The summed E-state index contributed by atoms with van der Waals surface area (Å²) in [4.78, 5) is 15.3. The second-order valence-electron chi connectivity index (χ2n) is 5.87. The van der Waals surface area contributed by atoms with Crippen molar-refractivity contribution in [3.8, 4) is 17.4 Å². The van der Waals surface area contributed by atoms with Gasteiger partial charge in [0.2, 0.25) is 11.8 Å². The number of nitrogens with zero attached hydrogens (tertiary/aromatic N) is 1. The van der Waals surface area contributed by atoms with Crippen LogP contribution in [0.25, 0.3) is 6.08 Å². The molecule has 1 N–H and O–H groups in total. The Morgan fingerprint density at radius 1 is 1.44 bits per heavy atom. The van der Waals surface area contributed by atoms with Crippen LogP contribution in [0, 0.1) is 0 Å². The topological polar surface area (TPSA) is 60.5 Å². The molecule has 25 heavy (non-hydrogen) atoms. The van der Waals surface area contributed by atoms with E-state index in [2.05, 4.69) is 10.3 Å². The highest BCUT2D eigenvalue weighted by Gasteiger charge is 2.16. The summed E-state index contributed by atoms with van der Waals surface area (Å²) in [7, 11) is 0. The highest BCUT2D eigenvalue weighted by molar-refractivity contribution is 6.32. The highest BCUT2D eigenvalue weighted by Crippen LogP contribution is 2.37. The highest BCUT2D eigenvalue weighted by atomic mass is 35.5. The van der Waals surface area contributed by atoms with E-state index in [9.17, 15) is 4.79 Å². The van der Waals surface area contributed by atoms with E-state index in [0.717, 1.165) is 23.3 Å². The molecule has 0 saturated heterocycles. The van der Waals surface area contributed by atoms with Crippen LogP contribution in [0.15, 0.2) is 36.5 Å². The lowest BCUT2D eigenvalue weighted by Crippen LogP contribution is -2.28. The van der Waals surface area contributed by atoms with Gasteiger partial charge >= 0.3 is 0 Å². The van der Waals surface area contributed by atoms with Crippen LogP contribution in [-0.4, -0.2) is 23.5 Å². The third kappa shape index (κ3) is 4.51. The van der Waals surface area contributed by atoms with Gasteiger partial charge in [-0.15, -0.1) is 0 Å². The molecule has 6 heteroatoms. The third-order valence-corrected chi connectivity index (χ3v) is 4.02. The first kappa shape index (κ1) is 17.3. The number of ether oxygens (including phenoxy) is 2. The van der Waals surface area contributed by atoms with Gasteiger partial charge in [0.05, 0.1) is 11.6 Å². The van der Waals surface area contributed by atoms with Crippen LogP contribution < -0.4 is 14.8 Å². The molecule has 0 radical (unpaired) electrons. The number of aromatic nitrogens is 1. The number of pyridine rings is 1. The third-order valence-electron chi connectivity index (χ3n) is 3.73. The molecule has 3 rings (SSSR count). The van der Waals surface area contributed by atoms with Crippen molar-refractivity contribution in [3.05, 3.63) is 52.7 Å². The predicted octanol–water partition coefficient (Wildman–Crippen LogP) is 4.00. The van der Waals surface area contributed by atoms with Gasteiger partial charge in [-0.3, -0.25) is 4.79 Å². The number of benzene rings is 1. The van der Waals surface area contributed by atoms with E-state index in [1.165, 1.54) is 6.92 Å². The monoisotopic (exact) mass is 358 g/mol. The summed E-state index contributed by atoms with van der Waals surface area (Å²) >= 11 is 6.24. The fourth-order valence-electron chi connectivity index (χ4n) is 2.54. The molecule has 1 aromatic carbocycles. The van der Waals surface area contributed by atoms with E-state index in [4.69, 9.17) is 21.1 Å². The maximum absolute atomic E-state index is 11.0. The Kier molecular flexibility index (Phi) is 5.24.